The van der Waals surface area contributed by atoms with E-state index in [0.29, 0.717) is 30.0 Å². The van der Waals surface area contributed by atoms with Crippen molar-refractivity contribution in [3.8, 4) is 0 Å². The van der Waals surface area contributed by atoms with E-state index in [1.807, 2.05) is 4.57 Å². The quantitative estimate of drug-likeness (QED) is 0.846. The van der Waals surface area contributed by atoms with Crippen molar-refractivity contribution in [2.24, 2.45) is 0 Å². The van der Waals surface area contributed by atoms with E-state index in [1.54, 1.807) is 14.0 Å². The molecule has 0 saturated heterocycles. The molecular weight excluding hydrogens is 245 g/mol. The molecule has 0 aliphatic heterocycles. The first-order valence-electron chi connectivity index (χ1n) is 5.46. The van der Waals surface area contributed by atoms with Crippen LogP contribution < -0.4 is 0 Å². The van der Waals surface area contributed by atoms with Crippen LogP contribution in [0.1, 0.15) is 11.4 Å². The van der Waals surface area contributed by atoms with Crippen molar-refractivity contribution in [3.05, 3.63) is 29.6 Å². The fourth-order valence-electron chi connectivity index (χ4n) is 1.89. The number of ether oxygens (including phenoxy) is 1. The van der Waals surface area contributed by atoms with Crippen LogP contribution in [0.3, 0.4) is 0 Å². The molecule has 2 aromatic rings. The summed E-state index contributed by atoms with van der Waals surface area (Å²) in [5.41, 5.74) is 0.377. The van der Waals surface area contributed by atoms with Crippen molar-refractivity contribution < 1.29 is 17.9 Å². The molecular formula is C12H13F3N2O. The molecule has 0 unspecified atom stereocenters. The second kappa shape index (κ2) is 4.61. The zero-order chi connectivity index (χ0) is 13.3. The van der Waals surface area contributed by atoms with Crippen LogP contribution in [0.25, 0.3) is 11.0 Å². The minimum absolute atomic E-state index is 0.360. The Balaban J connectivity index is 2.48. The number of alkyl halides is 3. The van der Waals surface area contributed by atoms with Crippen molar-refractivity contribution in [2.45, 2.75) is 19.6 Å². The Morgan fingerprint density at radius 2 is 2.06 bits per heavy atom. The van der Waals surface area contributed by atoms with Crippen molar-refractivity contribution >= 4 is 11.0 Å². The summed E-state index contributed by atoms with van der Waals surface area (Å²) in [6.45, 7) is 2.83. The number of benzene rings is 1. The van der Waals surface area contributed by atoms with Crippen molar-refractivity contribution in [1.82, 2.24) is 9.55 Å². The molecule has 0 radical (unpaired) electrons. The predicted molar refractivity (Wildman–Crippen MR) is 61.3 cm³/mol. The summed E-state index contributed by atoms with van der Waals surface area (Å²) in [4.78, 5) is 4.15. The third-order valence-electron chi connectivity index (χ3n) is 2.79. The first kappa shape index (κ1) is 12.9. The van der Waals surface area contributed by atoms with E-state index in [9.17, 15) is 13.2 Å². The molecule has 0 saturated carbocycles. The Labute approximate surface area is 102 Å². The number of aryl methyl sites for hydroxylation is 1. The number of rotatable bonds is 3. The average molecular weight is 258 g/mol. The zero-order valence-corrected chi connectivity index (χ0v) is 10.1. The largest absolute Gasteiger partial charge is 0.416 e. The standard InChI is InChI=1S/C12H13F3N2O/c1-8-16-10-7-9(12(13,14)15)3-4-11(10)17(8)5-6-18-2/h3-4,7H,5-6H2,1-2H3. The smallest absolute Gasteiger partial charge is 0.383 e. The van der Waals surface area contributed by atoms with Crippen LogP contribution in [0.5, 0.6) is 0 Å². The summed E-state index contributed by atoms with van der Waals surface area (Å²) in [6.07, 6.45) is -4.33. The van der Waals surface area contributed by atoms with E-state index in [-0.39, 0.29) is 0 Å². The third-order valence-corrected chi connectivity index (χ3v) is 2.79. The fourth-order valence-corrected chi connectivity index (χ4v) is 1.89. The van der Waals surface area contributed by atoms with Gasteiger partial charge in [0.05, 0.1) is 23.2 Å². The number of halogens is 3. The molecule has 6 heteroatoms. The fraction of sp³-hybridized carbons (Fsp3) is 0.417. The molecule has 98 valence electrons. The highest BCUT2D eigenvalue weighted by molar-refractivity contribution is 5.77. The summed E-state index contributed by atoms with van der Waals surface area (Å²) in [7, 11) is 1.58. The highest BCUT2D eigenvalue weighted by Gasteiger charge is 2.30. The maximum absolute atomic E-state index is 12.6. The van der Waals surface area contributed by atoms with Crippen molar-refractivity contribution in [3.63, 3.8) is 0 Å². The van der Waals surface area contributed by atoms with Gasteiger partial charge in [-0.25, -0.2) is 4.98 Å². The van der Waals surface area contributed by atoms with E-state index in [4.69, 9.17) is 4.74 Å². The second-order valence-electron chi connectivity index (χ2n) is 4.00. The number of hydrogen-bond acceptors (Lipinski definition) is 2. The molecule has 1 aromatic carbocycles. The van der Waals surface area contributed by atoms with E-state index >= 15 is 0 Å². The maximum atomic E-state index is 12.6. The Kier molecular flexibility index (Phi) is 3.30. The average Bonchev–Trinajstić information content (AvgIpc) is 2.60. The van der Waals surface area contributed by atoms with Crippen molar-refractivity contribution in [2.75, 3.05) is 13.7 Å². The molecule has 1 aromatic heterocycles. The molecule has 3 nitrogen and oxygen atoms in total. The first-order chi connectivity index (χ1) is 8.43. The Morgan fingerprint density at radius 1 is 1.33 bits per heavy atom. The van der Waals surface area contributed by atoms with Gasteiger partial charge in [-0.15, -0.1) is 0 Å². The second-order valence-corrected chi connectivity index (χ2v) is 4.00. The molecule has 1 heterocycles. The van der Waals surface area contributed by atoms with Gasteiger partial charge in [0.25, 0.3) is 0 Å². The van der Waals surface area contributed by atoms with Crippen LogP contribution in [-0.4, -0.2) is 23.3 Å². The molecule has 0 atom stereocenters. The number of aromatic nitrogens is 2. The molecule has 0 spiro atoms. The van der Waals surface area contributed by atoms with Gasteiger partial charge in [-0.3, -0.25) is 0 Å². The third kappa shape index (κ3) is 2.33. The molecule has 2 rings (SSSR count). The number of fused-ring (bicyclic) bond motifs is 1. The normalized spacial score (nSPS) is 12.3. The summed E-state index contributed by atoms with van der Waals surface area (Å²) < 4.78 is 44.5. The molecule has 0 amide bonds. The molecule has 0 bridgehead atoms. The molecule has 0 aliphatic carbocycles. The SMILES string of the molecule is COCCn1c(C)nc2cc(C(F)(F)F)ccc21. The van der Waals surface area contributed by atoms with Gasteiger partial charge in [-0.2, -0.15) is 13.2 Å². The summed E-state index contributed by atoms with van der Waals surface area (Å²) >= 11 is 0. The van der Waals surface area contributed by atoms with Gasteiger partial charge in [0.1, 0.15) is 5.82 Å². The van der Waals surface area contributed by atoms with Crippen molar-refractivity contribution in [1.29, 1.82) is 0 Å². The number of imidazole rings is 1. The van der Waals surface area contributed by atoms with Gasteiger partial charge in [0.2, 0.25) is 0 Å². The van der Waals surface area contributed by atoms with Crippen LogP contribution in [0, 0.1) is 6.92 Å². The van der Waals surface area contributed by atoms with Crippen LogP contribution >= 0.6 is 0 Å². The number of nitrogens with zero attached hydrogens (tertiary/aromatic N) is 2. The molecule has 0 aliphatic rings. The maximum Gasteiger partial charge on any atom is 0.416 e. The Bertz CT molecular complexity index is 560. The lowest BCUT2D eigenvalue weighted by molar-refractivity contribution is -0.137. The van der Waals surface area contributed by atoms with E-state index in [0.717, 1.165) is 12.1 Å². The van der Waals surface area contributed by atoms with Gasteiger partial charge >= 0.3 is 6.18 Å². The predicted octanol–water partition coefficient (Wildman–Crippen LogP) is 3.01. The monoisotopic (exact) mass is 258 g/mol. The van der Waals surface area contributed by atoms with E-state index in [1.165, 1.54) is 6.07 Å². The van der Waals surface area contributed by atoms with Gasteiger partial charge in [-0.1, -0.05) is 0 Å². The Morgan fingerprint density at radius 3 is 2.67 bits per heavy atom. The molecule has 0 fully saturated rings. The van der Waals surface area contributed by atoms with E-state index in [2.05, 4.69) is 4.98 Å². The first-order valence-corrected chi connectivity index (χ1v) is 5.46. The van der Waals surface area contributed by atoms with Crippen LogP contribution in [0.2, 0.25) is 0 Å². The summed E-state index contributed by atoms with van der Waals surface area (Å²) in [5.74, 6) is 0.682. The number of methoxy groups -OCH3 is 1. The molecule has 18 heavy (non-hydrogen) atoms. The summed E-state index contributed by atoms with van der Waals surface area (Å²) in [5, 5.41) is 0. The lowest BCUT2D eigenvalue weighted by Gasteiger charge is -2.07. The van der Waals surface area contributed by atoms with Crippen LogP contribution in [0.4, 0.5) is 13.2 Å². The highest BCUT2D eigenvalue weighted by Crippen LogP contribution is 2.31. The van der Waals surface area contributed by atoms with E-state index < -0.39 is 11.7 Å². The Hall–Kier alpha value is -1.56. The lowest BCUT2D eigenvalue weighted by atomic mass is 10.2. The number of hydrogen-bond donors (Lipinski definition) is 0. The zero-order valence-electron chi connectivity index (χ0n) is 10.1. The van der Waals surface area contributed by atoms with Crippen LogP contribution in [0.15, 0.2) is 18.2 Å². The summed E-state index contributed by atoms with van der Waals surface area (Å²) in [6, 6.07) is 3.60. The topological polar surface area (TPSA) is 27.1 Å². The minimum Gasteiger partial charge on any atom is -0.383 e. The van der Waals surface area contributed by atoms with Gasteiger partial charge < -0.3 is 9.30 Å². The van der Waals surface area contributed by atoms with Crippen LogP contribution in [-0.2, 0) is 17.5 Å². The molecule has 0 N–H and O–H groups in total. The lowest BCUT2D eigenvalue weighted by Crippen LogP contribution is -2.06. The highest BCUT2D eigenvalue weighted by atomic mass is 19.4. The van der Waals surface area contributed by atoms with Gasteiger partial charge in [0.15, 0.2) is 0 Å². The minimum atomic E-state index is -4.33. The van der Waals surface area contributed by atoms with Gasteiger partial charge in [0, 0.05) is 13.7 Å². The van der Waals surface area contributed by atoms with Gasteiger partial charge in [-0.05, 0) is 25.1 Å².